The van der Waals surface area contributed by atoms with Gasteiger partial charge in [0.25, 0.3) is 10.7 Å². The Balaban J connectivity index is 0.000000154. The molecule has 2 aromatic heterocycles. The second kappa shape index (κ2) is 12.3. The van der Waals surface area contributed by atoms with E-state index in [0.29, 0.717) is 28.5 Å². The van der Waals surface area contributed by atoms with Crippen molar-refractivity contribution < 1.29 is 19.4 Å². The molecule has 0 spiro atoms. The lowest BCUT2D eigenvalue weighted by Gasteiger charge is -2.31. The zero-order valence-corrected chi connectivity index (χ0v) is 27.6. The minimum Gasteiger partial charge on any atom is -0.458 e. The van der Waals surface area contributed by atoms with Crippen LogP contribution < -0.4 is 15.2 Å². The number of carbonyl (C=O) groups is 1. The van der Waals surface area contributed by atoms with Crippen molar-refractivity contribution in [2.75, 3.05) is 11.9 Å². The minimum absolute atomic E-state index is 0.110. The van der Waals surface area contributed by atoms with Crippen LogP contribution in [0.5, 0.6) is 5.75 Å². The number of thiocarbonyl (C=S) groups is 1. The molecule has 0 amide bonds. The number of aryl methyl sites for hydroxylation is 1. The number of aromatic nitrogens is 2. The zero-order chi connectivity index (χ0) is 33.6. The Morgan fingerprint density at radius 2 is 1.71 bits per heavy atom. The number of anilines is 1. The number of hydrogen-bond donors (Lipinski definition) is 1. The number of para-hydroxylation sites is 1. The standard InChI is InChI=1S/C20H16N2O4.C19H17NOS/c1-2-20(25)14-8-16-17-12(7-11-5-3-4-6-15(11)21-17)9-22(16)18(23)13(14)10-26-19(20)24;1-14-6-5-9-17(12-14)20(2)19(22)21-18-11-10-15-7-3-4-8-16(15)13-18/h3-8,25H,2,9-10H2,1H3;3-13H,1-2H3. The summed E-state index contributed by atoms with van der Waals surface area (Å²) in [5, 5.41) is 14.6. The molecular formula is C39H33N3O5S. The van der Waals surface area contributed by atoms with Crippen LogP contribution in [0.3, 0.4) is 0 Å². The third-order valence-corrected chi connectivity index (χ3v) is 9.36. The van der Waals surface area contributed by atoms with E-state index in [2.05, 4.69) is 31.2 Å². The lowest BCUT2D eigenvalue weighted by molar-refractivity contribution is -0.172. The molecule has 9 heteroatoms. The zero-order valence-electron chi connectivity index (χ0n) is 26.8. The molecule has 1 unspecified atom stereocenters. The second-order valence-corrected chi connectivity index (χ2v) is 12.4. The van der Waals surface area contributed by atoms with Gasteiger partial charge in [-0.1, -0.05) is 67.6 Å². The van der Waals surface area contributed by atoms with E-state index < -0.39 is 11.6 Å². The molecule has 2 aliphatic heterocycles. The van der Waals surface area contributed by atoms with E-state index >= 15 is 0 Å². The minimum atomic E-state index is -1.79. The summed E-state index contributed by atoms with van der Waals surface area (Å²) < 4.78 is 12.6. The SMILES string of the molecule is CCC1(O)C(=O)OCc2c1cc1n(c2=O)Cc2cc3ccccc3nc2-1.Cc1cccc(N(C)C(=S)Oc2ccc3ccccc3c2)c1. The maximum absolute atomic E-state index is 13.0. The van der Waals surface area contributed by atoms with Gasteiger partial charge in [-0.05, 0) is 84.4 Å². The molecule has 2 aliphatic rings. The highest BCUT2D eigenvalue weighted by Crippen LogP contribution is 2.38. The predicted molar refractivity (Wildman–Crippen MR) is 191 cm³/mol. The van der Waals surface area contributed by atoms with E-state index in [1.165, 1.54) is 10.9 Å². The van der Waals surface area contributed by atoms with Gasteiger partial charge in [-0.25, -0.2) is 9.78 Å². The summed E-state index contributed by atoms with van der Waals surface area (Å²) in [5.74, 6) is 0.0461. The van der Waals surface area contributed by atoms with Crippen molar-refractivity contribution in [3.05, 3.63) is 136 Å². The van der Waals surface area contributed by atoms with Crippen LogP contribution in [-0.4, -0.2) is 32.8 Å². The quantitative estimate of drug-likeness (QED) is 0.160. The molecule has 240 valence electrons. The molecule has 4 heterocycles. The third-order valence-electron chi connectivity index (χ3n) is 9.01. The number of nitrogens with zero attached hydrogens (tertiary/aromatic N) is 3. The summed E-state index contributed by atoms with van der Waals surface area (Å²) in [4.78, 5) is 31.8. The summed E-state index contributed by atoms with van der Waals surface area (Å²) >= 11 is 5.41. The van der Waals surface area contributed by atoms with E-state index in [-0.39, 0.29) is 18.6 Å². The summed E-state index contributed by atoms with van der Waals surface area (Å²) in [6, 6.07) is 33.9. The Morgan fingerprint density at radius 3 is 2.48 bits per heavy atom. The Bertz CT molecular complexity index is 2320. The fraction of sp³-hybridized carbons (Fsp3) is 0.179. The number of ether oxygens (including phenoxy) is 2. The fourth-order valence-corrected chi connectivity index (χ4v) is 6.47. The van der Waals surface area contributed by atoms with Gasteiger partial charge in [0.15, 0.2) is 5.60 Å². The van der Waals surface area contributed by atoms with E-state index in [4.69, 9.17) is 26.7 Å². The van der Waals surface area contributed by atoms with E-state index in [9.17, 15) is 14.7 Å². The molecule has 1 N–H and O–H groups in total. The topological polar surface area (TPSA) is 93.9 Å². The first kappa shape index (κ1) is 31.2. The number of aliphatic hydroxyl groups is 1. The van der Waals surface area contributed by atoms with Gasteiger partial charge >= 0.3 is 5.97 Å². The van der Waals surface area contributed by atoms with Crippen LogP contribution in [0.2, 0.25) is 0 Å². The van der Waals surface area contributed by atoms with Crippen molar-refractivity contribution in [3.63, 3.8) is 0 Å². The molecule has 0 fully saturated rings. The van der Waals surface area contributed by atoms with E-state index in [1.54, 1.807) is 17.6 Å². The first-order chi connectivity index (χ1) is 23.2. The maximum Gasteiger partial charge on any atom is 0.343 e. The average molecular weight is 656 g/mol. The molecule has 0 radical (unpaired) electrons. The number of carbonyl (C=O) groups excluding carboxylic acids is 1. The Morgan fingerprint density at radius 1 is 0.958 bits per heavy atom. The Labute approximate surface area is 282 Å². The van der Waals surface area contributed by atoms with Crippen molar-refractivity contribution >= 4 is 50.7 Å². The van der Waals surface area contributed by atoms with Gasteiger partial charge in [-0.2, -0.15) is 0 Å². The number of hydrogen-bond acceptors (Lipinski definition) is 7. The number of esters is 1. The maximum atomic E-state index is 13.0. The normalized spacial score (nSPS) is 15.9. The second-order valence-electron chi connectivity index (χ2n) is 12.1. The van der Waals surface area contributed by atoms with Crippen LogP contribution in [0.25, 0.3) is 33.1 Å². The molecule has 0 bridgehead atoms. The van der Waals surface area contributed by atoms with Gasteiger partial charge in [0, 0.05) is 29.2 Å². The number of benzene rings is 4. The molecule has 1 atom stereocenters. The van der Waals surface area contributed by atoms with Crippen LogP contribution >= 0.6 is 12.2 Å². The fourth-order valence-electron chi connectivity index (χ4n) is 6.27. The van der Waals surface area contributed by atoms with Gasteiger partial charge in [0.1, 0.15) is 12.4 Å². The van der Waals surface area contributed by atoms with Gasteiger partial charge < -0.3 is 24.0 Å². The molecule has 0 aliphatic carbocycles. The molecule has 0 saturated carbocycles. The van der Waals surface area contributed by atoms with Gasteiger partial charge in [-0.3, -0.25) is 4.79 Å². The highest BCUT2D eigenvalue weighted by atomic mass is 32.1. The average Bonchev–Trinajstić information content (AvgIpc) is 3.46. The number of cyclic esters (lactones) is 1. The summed E-state index contributed by atoms with van der Waals surface area (Å²) in [6.07, 6.45) is 0.139. The van der Waals surface area contributed by atoms with Crippen molar-refractivity contribution in [3.8, 4) is 17.1 Å². The lowest BCUT2D eigenvalue weighted by Crippen LogP contribution is -2.44. The first-order valence-electron chi connectivity index (χ1n) is 15.7. The Hall–Kier alpha value is -5.38. The third kappa shape index (κ3) is 5.51. The molecular weight excluding hydrogens is 623 g/mol. The largest absolute Gasteiger partial charge is 0.458 e. The highest BCUT2D eigenvalue weighted by Gasteiger charge is 2.45. The highest BCUT2D eigenvalue weighted by molar-refractivity contribution is 7.80. The number of rotatable bonds is 3. The first-order valence-corrected chi connectivity index (χ1v) is 16.1. The van der Waals surface area contributed by atoms with Crippen LogP contribution in [0.1, 0.15) is 35.6 Å². The van der Waals surface area contributed by atoms with E-state index in [0.717, 1.165) is 39.0 Å². The van der Waals surface area contributed by atoms with Crippen LogP contribution in [-0.2, 0) is 28.3 Å². The number of fused-ring (bicyclic) bond motifs is 6. The van der Waals surface area contributed by atoms with Gasteiger partial charge in [0.05, 0.1) is 29.0 Å². The predicted octanol–water partition coefficient (Wildman–Crippen LogP) is 7.03. The molecule has 4 aromatic carbocycles. The Kier molecular flexibility index (Phi) is 8.02. The monoisotopic (exact) mass is 655 g/mol. The van der Waals surface area contributed by atoms with Crippen molar-refractivity contribution in [2.24, 2.45) is 0 Å². The lowest BCUT2D eigenvalue weighted by atomic mass is 9.86. The summed E-state index contributed by atoms with van der Waals surface area (Å²) in [7, 11) is 1.91. The molecule has 8 rings (SSSR count). The molecule has 8 nitrogen and oxygen atoms in total. The smallest absolute Gasteiger partial charge is 0.343 e. The van der Waals surface area contributed by atoms with Crippen LogP contribution in [0.15, 0.2) is 108 Å². The van der Waals surface area contributed by atoms with E-state index in [1.807, 2.05) is 84.7 Å². The summed E-state index contributed by atoms with van der Waals surface area (Å²) in [6.45, 7) is 4.07. The van der Waals surface area contributed by atoms with Crippen molar-refractivity contribution in [2.45, 2.75) is 39.0 Å². The molecule has 6 aromatic rings. The van der Waals surface area contributed by atoms with Crippen LogP contribution in [0, 0.1) is 6.92 Å². The molecule has 0 saturated heterocycles. The van der Waals surface area contributed by atoms with Crippen molar-refractivity contribution in [1.29, 1.82) is 0 Å². The van der Waals surface area contributed by atoms with Gasteiger partial charge in [0.2, 0.25) is 0 Å². The summed E-state index contributed by atoms with van der Waals surface area (Å²) in [5.41, 5.74) is 4.03. The van der Waals surface area contributed by atoms with Gasteiger partial charge in [-0.15, -0.1) is 0 Å². The van der Waals surface area contributed by atoms with Crippen molar-refractivity contribution in [1.82, 2.24) is 9.55 Å². The van der Waals surface area contributed by atoms with Crippen LogP contribution in [0.4, 0.5) is 5.69 Å². The molecule has 48 heavy (non-hydrogen) atoms. The number of pyridine rings is 2.